The van der Waals surface area contributed by atoms with Crippen LogP contribution in [0, 0.1) is 29.1 Å². The number of ether oxygens (including phenoxy) is 1. The Morgan fingerprint density at radius 1 is 0.906 bits per heavy atom. The van der Waals surface area contributed by atoms with Gasteiger partial charge in [0, 0.05) is 11.5 Å². The highest BCUT2D eigenvalue weighted by Gasteiger charge is 2.44. The van der Waals surface area contributed by atoms with Crippen LogP contribution in [0.1, 0.15) is 23.0 Å². The van der Waals surface area contributed by atoms with E-state index < -0.39 is 42.0 Å². The fourth-order valence-electron chi connectivity index (χ4n) is 3.82. The van der Waals surface area contributed by atoms with Crippen LogP contribution >= 0.6 is 0 Å². The van der Waals surface area contributed by atoms with Gasteiger partial charge in [-0.25, -0.2) is 17.7 Å². The molecule has 0 saturated carbocycles. The van der Waals surface area contributed by atoms with Gasteiger partial charge in [-0.2, -0.15) is 8.78 Å². The van der Waals surface area contributed by atoms with Gasteiger partial charge in [-0.1, -0.05) is 28.9 Å². The van der Waals surface area contributed by atoms with Crippen molar-refractivity contribution in [2.45, 2.75) is 25.2 Å². The first-order valence-electron chi connectivity index (χ1n) is 9.05. The molecule has 0 amide bonds. The zero-order valence-electron chi connectivity index (χ0n) is 15.7. The summed E-state index contributed by atoms with van der Waals surface area (Å²) in [7, 11) is -6.00. The largest absolute Gasteiger partial charge is 0.673 e. The maximum absolute atomic E-state index is 14.1. The molecule has 0 spiro atoms. The van der Waals surface area contributed by atoms with Crippen LogP contribution in [0.15, 0.2) is 30.6 Å². The second-order valence-electron chi connectivity index (χ2n) is 6.99. The molecule has 2 atom stereocenters. The standard InChI is InChI=1S/C18H11F5N3O.BF4/c19-12-13(20)15(22)18(16(23)14(12)21)26-7-25-11(24-26)6-27-10-5-8-3-1-2-4-9(8)17(10)25;2-1(3,4)5/h1-4,7,10,17H,5-6H2;/q+1;-1/t10-,17+;/m1./s1. The number of benzene rings is 2. The van der Waals surface area contributed by atoms with Crippen LogP contribution in [0.25, 0.3) is 5.69 Å². The van der Waals surface area contributed by atoms with Crippen molar-refractivity contribution in [1.29, 1.82) is 0 Å². The molecule has 32 heavy (non-hydrogen) atoms. The number of nitrogens with zero attached hydrogens (tertiary/aromatic N) is 3. The zero-order valence-corrected chi connectivity index (χ0v) is 15.7. The summed E-state index contributed by atoms with van der Waals surface area (Å²) in [5.74, 6) is -9.76. The molecule has 0 unspecified atom stereocenters. The summed E-state index contributed by atoms with van der Waals surface area (Å²) >= 11 is 0. The molecule has 1 aliphatic carbocycles. The molecule has 5 rings (SSSR count). The van der Waals surface area contributed by atoms with Crippen LogP contribution in [0.4, 0.5) is 39.2 Å². The summed E-state index contributed by atoms with van der Waals surface area (Å²) in [6.45, 7) is 0.0670. The molecule has 0 bridgehead atoms. The van der Waals surface area contributed by atoms with Crippen molar-refractivity contribution in [3.63, 3.8) is 0 Å². The highest BCUT2D eigenvalue weighted by atomic mass is 19.5. The Morgan fingerprint density at radius 3 is 2.09 bits per heavy atom. The molecule has 3 aromatic rings. The highest BCUT2D eigenvalue weighted by molar-refractivity contribution is 6.50. The molecule has 0 saturated heterocycles. The average Bonchev–Trinajstić information content (AvgIpc) is 3.30. The fraction of sp³-hybridized carbons (Fsp3) is 0.222. The Bertz CT molecular complexity index is 1160. The number of hydrogen-bond acceptors (Lipinski definition) is 2. The van der Waals surface area contributed by atoms with E-state index in [1.54, 1.807) is 4.57 Å². The first kappa shape index (κ1) is 22.2. The number of hydrogen-bond donors (Lipinski definition) is 0. The number of fused-ring (bicyclic) bond motifs is 5. The topological polar surface area (TPSA) is 30.9 Å². The second kappa shape index (κ2) is 7.83. The van der Waals surface area contributed by atoms with Gasteiger partial charge in [-0.15, -0.1) is 0 Å². The maximum Gasteiger partial charge on any atom is 0.673 e. The molecule has 14 heteroatoms. The average molecular weight is 467 g/mol. The summed E-state index contributed by atoms with van der Waals surface area (Å²) in [5, 5.41) is 4.01. The maximum atomic E-state index is 14.1. The van der Waals surface area contributed by atoms with Crippen LogP contribution in [0.5, 0.6) is 0 Å². The van der Waals surface area contributed by atoms with Crippen molar-refractivity contribution < 1.29 is 48.5 Å². The van der Waals surface area contributed by atoms with E-state index in [2.05, 4.69) is 5.10 Å². The van der Waals surface area contributed by atoms with E-state index in [9.17, 15) is 39.2 Å². The molecule has 0 fully saturated rings. The van der Waals surface area contributed by atoms with E-state index in [1.165, 1.54) is 6.33 Å². The minimum Gasteiger partial charge on any atom is -0.418 e. The lowest BCUT2D eigenvalue weighted by atomic mass is 10.1. The quantitative estimate of drug-likeness (QED) is 0.177. The van der Waals surface area contributed by atoms with Crippen LogP contribution < -0.4 is 4.57 Å². The first-order valence-corrected chi connectivity index (χ1v) is 9.05. The molecular weight excluding hydrogens is 456 g/mol. The lowest BCUT2D eigenvalue weighted by Gasteiger charge is -2.23. The lowest BCUT2D eigenvalue weighted by Crippen LogP contribution is -2.51. The van der Waals surface area contributed by atoms with Crippen LogP contribution in [0.2, 0.25) is 0 Å². The van der Waals surface area contributed by atoms with Gasteiger partial charge in [0.05, 0.1) is 0 Å². The summed E-state index contributed by atoms with van der Waals surface area (Å²) in [4.78, 5) is 0. The normalized spacial score (nSPS) is 19.0. The molecule has 4 nitrogen and oxygen atoms in total. The predicted octanol–water partition coefficient (Wildman–Crippen LogP) is 4.20. The summed E-state index contributed by atoms with van der Waals surface area (Å²) < 4.78 is 116. The van der Waals surface area contributed by atoms with E-state index in [-0.39, 0.29) is 18.8 Å². The molecule has 2 heterocycles. The Labute approximate surface area is 173 Å². The minimum absolute atomic E-state index is 0.0670. The summed E-state index contributed by atoms with van der Waals surface area (Å²) in [6.07, 6.45) is 1.73. The second-order valence-corrected chi connectivity index (χ2v) is 6.99. The van der Waals surface area contributed by atoms with Crippen molar-refractivity contribution in [1.82, 2.24) is 9.78 Å². The number of halogens is 9. The third-order valence-electron chi connectivity index (χ3n) is 5.04. The van der Waals surface area contributed by atoms with Crippen LogP contribution in [-0.2, 0) is 17.8 Å². The van der Waals surface area contributed by atoms with Gasteiger partial charge in [-0.3, -0.25) is 0 Å². The monoisotopic (exact) mass is 467 g/mol. The van der Waals surface area contributed by atoms with Crippen molar-refractivity contribution in [2.75, 3.05) is 0 Å². The van der Waals surface area contributed by atoms with E-state index in [0.29, 0.717) is 16.9 Å². The van der Waals surface area contributed by atoms with E-state index in [0.717, 1.165) is 11.1 Å². The molecular formula is C18H11BF9N3O. The molecule has 1 aliphatic heterocycles. The third-order valence-corrected chi connectivity index (χ3v) is 5.04. The smallest absolute Gasteiger partial charge is 0.418 e. The van der Waals surface area contributed by atoms with E-state index in [1.807, 2.05) is 24.3 Å². The van der Waals surface area contributed by atoms with Gasteiger partial charge in [-0.05, 0) is 11.1 Å². The third kappa shape index (κ3) is 3.83. The zero-order chi connectivity index (χ0) is 23.4. The Kier molecular flexibility index (Phi) is 5.43. The van der Waals surface area contributed by atoms with Crippen molar-refractivity contribution in [3.8, 4) is 5.69 Å². The van der Waals surface area contributed by atoms with Crippen molar-refractivity contribution in [3.05, 3.63) is 76.6 Å². The van der Waals surface area contributed by atoms with Gasteiger partial charge in [0.2, 0.25) is 41.1 Å². The SMILES string of the molecule is F[B-](F)(F)F.Fc1c(F)c(F)c(-n2c[n+]3c(n2)CO[C@@H]2Cc4ccccc4[C@@H]23)c(F)c1F. The lowest BCUT2D eigenvalue weighted by molar-refractivity contribution is -0.739. The Morgan fingerprint density at radius 2 is 1.47 bits per heavy atom. The fourth-order valence-corrected chi connectivity index (χ4v) is 3.82. The molecule has 1 aromatic heterocycles. The predicted molar refractivity (Wildman–Crippen MR) is 90.6 cm³/mol. The highest BCUT2D eigenvalue weighted by Crippen LogP contribution is 2.36. The molecule has 2 aromatic carbocycles. The van der Waals surface area contributed by atoms with Gasteiger partial charge >= 0.3 is 13.1 Å². The molecule has 170 valence electrons. The van der Waals surface area contributed by atoms with Crippen LogP contribution in [0.3, 0.4) is 0 Å². The van der Waals surface area contributed by atoms with Gasteiger partial charge in [0.1, 0.15) is 18.8 Å². The van der Waals surface area contributed by atoms with Gasteiger partial charge < -0.3 is 22.0 Å². The molecule has 0 radical (unpaired) electrons. The van der Waals surface area contributed by atoms with Gasteiger partial charge in [0.25, 0.3) is 0 Å². The number of rotatable bonds is 1. The Hall–Kier alpha value is -3.03. The molecule has 0 N–H and O–H groups in total. The van der Waals surface area contributed by atoms with Crippen molar-refractivity contribution in [2.24, 2.45) is 0 Å². The van der Waals surface area contributed by atoms with Gasteiger partial charge in [0.15, 0.2) is 0 Å². The summed E-state index contributed by atoms with van der Waals surface area (Å²) in [6, 6.07) is 7.37. The molecule has 2 aliphatic rings. The number of aromatic nitrogens is 3. The van der Waals surface area contributed by atoms with Crippen LogP contribution in [-0.4, -0.2) is 23.1 Å². The Balaban J connectivity index is 0.000000444. The first-order chi connectivity index (χ1) is 15.0. The van der Waals surface area contributed by atoms with Crippen molar-refractivity contribution >= 4 is 7.25 Å². The minimum atomic E-state index is -6.00. The van der Waals surface area contributed by atoms with E-state index >= 15 is 0 Å². The summed E-state index contributed by atoms with van der Waals surface area (Å²) in [5.41, 5.74) is 0.943. The van der Waals surface area contributed by atoms with E-state index in [4.69, 9.17) is 4.74 Å².